The molecule has 1 fully saturated rings. The van der Waals surface area contributed by atoms with Crippen LogP contribution in [-0.2, 0) is 14.8 Å². The summed E-state index contributed by atoms with van der Waals surface area (Å²) in [5, 5.41) is 0. The lowest BCUT2D eigenvalue weighted by Crippen LogP contribution is -2.32. The molecule has 1 saturated heterocycles. The van der Waals surface area contributed by atoms with E-state index in [0.29, 0.717) is 11.4 Å². The number of carbonyl (C=O) groups excluding carboxylic acids is 1. The minimum atomic E-state index is -4.04. The number of benzene rings is 2. The second kappa shape index (κ2) is 7.40. The minimum absolute atomic E-state index is 0.0596. The molecule has 5 nitrogen and oxygen atoms in total. The number of hydrogen-bond donors (Lipinski definition) is 0. The molecule has 0 aliphatic carbocycles. The Hall–Kier alpha value is -2.25. The maximum absolute atomic E-state index is 13.1. The van der Waals surface area contributed by atoms with E-state index in [2.05, 4.69) is 0 Å². The van der Waals surface area contributed by atoms with Crippen LogP contribution in [0.25, 0.3) is 0 Å². The summed E-state index contributed by atoms with van der Waals surface area (Å²) in [4.78, 5) is 13.5. The molecule has 27 heavy (non-hydrogen) atoms. The third-order valence-corrected chi connectivity index (χ3v) is 6.81. The quantitative estimate of drug-likeness (QED) is 0.683. The molecule has 0 spiro atoms. The van der Waals surface area contributed by atoms with Gasteiger partial charge in [0.25, 0.3) is 10.0 Å². The Morgan fingerprint density at radius 3 is 2.33 bits per heavy atom. The number of nitrogens with zero attached hydrogens (tertiary/aromatic N) is 1. The summed E-state index contributed by atoms with van der Waals surface area (Å²) in [5.41, 5.74) is 0.247. The van der Waals surface area contributed by atoms with Crippen molar-refractivity contribution >= 4 is 27.9 Å². The molecule has 0 atom stereocenters. The predicted molar refractivity (Wildman–Crippen MR) is 106 cm³/mol. The van der Waals surface area contributed by atoms with Gasteiger partial charge in [-0.1, -0.05) is 35.9 Å². The molecule has 0 N–H and O–H groups in total. The largest absolute Gasteiger partial charge is 0.436 e. The fraction of sp³-hybridized carbons (Fsp3) is 0.250. The van der Waals surface area contributed by atoms with Crippen molar-refractivity contribution in [1.82, 2.24) is 4.31 Å². The van der Waals surface area contributed by atoms with E-state index in [0.717, 1.165) is 14.8 Å². The number of ether oxygens (including phenoxy) is 1. The van der Waals surface area contributed by atoms with Crippen molar-refractivity contribution in [3.05, 3.63) is 71.9 Å². The monoisotopic (exact) mass is 403 g/mol. The summed E-state index contributed by atoms with van der Waals surface area (Å²) >= 11 is 1.55. The predicted octanol–water partition coefficient (Wildman–Crippen LogP) is 4.59. The van der Waals surface area contributed by atoms with E-state index < -0.39 is 21.7 Å². The minimum Gasteiger partial charge on any atom is -0.436 e. The number of amides is 1. The Bertz CT molecular complexity index is 965. The SMILES string of the molecule is Cc1ccc(S(=O)(=O)N2C(=O)OC(C)(C)/C2=C\CSc2ccccc2)cc1. The summed E-state index contributed by atoms with van der Waals surface area (Å²) < 4.78 is 32.2. The van der Waals surface area contributed by atoms with Crippen molar-refractivity contribution < 1.29 is 17.9 Å². The smallest absolute Gasteiger partial charge is 0.429 e. The van der Waals surface area contributed by atoms with Gasteiger partial charge in [-0.05, 0) is 51.1 Å². The Labute approximate surface area is 164 Å². The normalized spacial score (nSPS) is 18.0. The molecule has 0 saturated carbocycles. The van der Waals surface area contributed by atoms with Crippen molar-refractivity contribution in [2.75, 3.05) is 5.75 Å². The van der Waals surface area contributed by atoms with Crippen molar-refractivity contribution in [2.45, 2.75) is 36.2 Å². The van der Waals surface area contributed by atoms with E-state index >= 15 is 0 Å². The Balaban J connectivity index is 1.92. The van der Waals surface area contributed by atoms with Crippen LogP contribution in [0.3, 0.4) is 0 Å². The van der Waals surface area contributed by atoms with Gasteiger partial charge in [-0.15, -0.1) is 11.8 Å². The van der Waals surface area contributed by atoms with Crippen LogP contribution in [0.5, 0.6) is 0 Å². The van der Waals surface area contributed by atoms with E-state index in [1.165, 1.54) is 12.1 Å². The summed E-state index contributed by atoms with van der Waals surface area (Å²) in [6.45, 7) is 5.25. The van der Waals surface area contributed by atoms with E-state index in [9.17, 15) is 13.2 Å². The third kappa shape index (κ3) is 4.04. The molecule has 1 amide bonds. The van der Waals surface area contributed by atoms with Gasteiger partial charge in [0.15, 0.2) is 0 Å². The van der Waals surface area contributed by atoms with Crippen LogP contribution in [0.2, 0.25) is 0 Å². The van der Waals surface area contributed by atoms with Gasteiger partial charge in [-0.3, -0.25) is 0 Å². The lowest BCUT2D eigenvalue weighted by Gasteiger charge is -2.21. The van der Waals surface area contributed by atoms with Gasteiger partial charge >= 0.3 is 6.09 Å². The number of cyclic esters (lactones) is 1. The summed E-state index contributed by atoms with van der Waals surface area (Å²) in [7, 11) is -4.04. The molecule has 7 heteroatoms. The maximum Gasteiger partial charge on any atom is 0.429 e. The number of rotatable bonds is 5. The van der Waals surface area contributed by atoms with Crippen LogP contribution in [0, 0.1) is 6.92 Å². The number of hydrogen-bond acceptors (Lipinski definition) is 5. The lowest BCUT2D eigenvalue weighted by atomic mass is 10.1. The zero-order chi connectivity index (χ0) is 19.7. The topological polar surface area (TPSA) is 63.7 Å². The molecule has 3 rings (SSSR count). The first-order chi connectivity index (χ1) is 12.7. The molecular formula is C20H21NO4S2. The fourth-order valence-corrected chi connectivity index (χ4v) is 5.02. The zero-order valence-corrected chi connectivity index (χ0v) is 17.0. The van der Waals surface area contributed by atoms with Gasteiger partial charge < -0.3 is 4.74 Å². The van der Waals surface area contributed by atoms with Crippen molar-refractivity contribution in [1.29, 1.82) is 0 Å². The molecule has 1 aliphatic rings. The van der Waals surface area contributed by atoms with Gasteiger partial charge in [0.05, 0.1) is 10.6 Å². The van der Waals surface area contributed by atoms with Crippen LogP contribution >= 0.6 is 11.8 Å². The number of thioether (sulfide) groups is 1. The number of carbonyl (C=O) groups is 1. The second-order valence-electron chi connectivity index (χ2n) is 6.67. The average molecular weight is 404 g/mol. The van der Waals surface area contributed by atoms with Crippen LogP contribution < -0.4 is 0 Å². The molecule has 1 heterocycles. The van der Waals surface area contributed by atoms with Crippen LogP contribution in [0.1, 0.15) is 19.4 Å². The highest BCUT2D eigenvalue weighted by molar-refractivity contribution is 7.99. The fourth-order valence-electron chi connectivity index (χ4n) is 2.76. The molecule has 0 radical (unpaired) electrons. The van der Waals surface area contributed by atoms with E-state index in [1.54, 1.807) is 43.8 Å². The van der Waals surface area contributed by atoms with Crippen molar-refractivity contribution in [3.63, 3.8) is 0 Å². The van der Waals surface area contributed by atoms with Crippen LogP contribution in [0.4, 0.5) is 4.79 Å². The Kier molecular flexibility index (Phi) is 5.35. The highest BCUT2D eigenvalue weighted by Gasteiger charge is 2.49. The molecule has 0 bridgehead atoms. The molecule has 1 aliphatic heterocycles. The van der Waals surface area contributed by atoms with Crippen LogP contribution in [-0.4, -0.2) is 30.2 Å². The van der Waals surface area contributed by atoms with E-state index in [1.807, 2.05) is 37.3 Å². The van der Waals surface area contributed by atoms with E-state index in [-0.39, 0.29) is 4.90 Å². The van der Waals surface area contributed by atoms with Gasteiger partial charge in [-0.25, -0.2) is 13.2 Å². The number of aryl methyl sites for hydroxylation is 1. The molecule has 0 aromatic heterocycles. The molecule has 142 valence electrons. The third-order valence-electron chi connectivity index (χ3n) is 4.17. The summed E-state index contributed by atoms with van der Waals surface area (Å²) in [6, 6.07) is 16.2. The number of sulfonamides is 1. The summed E-state index contributed by atoms with van der Waals surface area (Å²) in [6.07, 6.45) is 0.866. The highest BCUT2D eigenvalue weighted by Crippen LogP contribution is 2.37. The van der Waals surface area contributed by atoms with Crippen LogP contribution in [0.15, 0.2) is 76.2 Å². The first kappa shape index (κ1) is 19.5. The molecule has 0 unspecified atom stereocenters. The standard InChI is InChI=1S/C20H21NO4S2/c1-15-9-11-17(12-10-15)27(23,24)21-18(20(2,3)25-19(21)22)13-14-26-16-7-5-4-6-8-16/h4-13H,14H2,1-3H3/b18-13+. The maximum atomic E-state index is 13.1. The van der Waals surface area contributed by atoms with Crippen molar-refractivity contribution in [2.24, 2.45) is 0 Å². The van der Waals surface area contributed by atoms with Gasteiger partial charge in [0, 0.05) is 10.6 Å². The van der Waals surface area contributed by atoms with Gasteiger partial charge in [0.1, 0.15) is 5.60 Å². The molecule has 2 aromatic carbocycles. The van der Waals surface area contributed by atoms with Gasteiger partial charge in [-0.2, -0.15) is 4.31 Å². The average Bonchev–Trinajstić information content (AvgIpc) is 2.85. The Morgan fingerprint density at radius 1 is 1.07 bits per heavy atom. The second-order valence-corrected chi connectivity index (χ2v) is 9.55. The highest BCUT2D eigenvalue weighted by atomic mass is 32.2. The van der Waals surface area contributed by atoms with E-state index in [4.69, 9.17) is 4.74 Å². The summed E-state index contributed by atoms with van der Waals surface area (Å²) in [5.74, 6) is 0.513. The van der Waals surface area contributed by atoms with Crippen molar-refractivity contribution in [3.8, 4) is 0 Å². The Morgan fingerprint density at radius 2 is 1.70 bits per heavy atom. The lowest BCUT2D eigenvalue weighted by molar-refractivity contribution is 0.0958. The molecular weight excluding hydrogens is 382 g/mol. The first-order valence-corrected chi connectivity index (χ1v) is 10.9. The van der Waals surface area contributed by atoms with Gasteiger partial charge in [0.2, 0.25) is 0 Å². The molecule has 2 aromatic rings. The first-order valence-electron chi connectivity index (χ1n) is 8.45. The zero-order valence-electron chi connectivity index (χ0n) is 15.4.